The van der Waals surface area contributed by atoms with Crippen molar-refractivity contribution in [3.63, 3.8) is 0 Å². The number of carboxylic acid groups (broad SMARTS) is 1. The minimum atomic E-state index is -1.31. The predicted molar refractivity (Wildman–Crippen MR) is 68.3 cm³/mol. The zero-order chi connectivity index (χ0) is 14.0. The second kappa shape index (κ2) is 7.40. The first-order valence-corrected chi connectivity index (χ1v) is 5.82. The number of hydrogen-bond acceptors (Lipinski definition) is 5. The monoisotopic (exact) mass is 326 g/mol. The largest absolute Gasteiger partial charge is 1.00 e. The summed E-state index contributed by atoms with van der Waals surface area (Å²) in [6.45, 7) is 0. The second-order valence-corrected chi connectivity index (χ2v) is 4.43. The maximum absolute atomic E-state index is 10.9. The van der Waals surface area contributed by atoms with Crippen LogP contribution in [0.5, 0.6) is 0 Å². The average Bonchev–Trinajstić information content (AvgIpc) is 2.77. The van der Waals surface area contributed by atoms with Crippen molar-refractivity contribution in [3.05, 3.63) is 34.1 Å². The van der Waals surface area contributed by atoms with Gasteiger partial charge in [0.15, 0.2) is 0 Å². The van der Waals surface area contributed by atoms with Gasteiger partial charge in [0.2, 0.25) is 12.0 Å². The third kappa shape index (κ3) is 3.94. The first-order valence-electron chi connectivity index (χ1n) is 5.06. The molecule has 0 bridgehead atoms. The van der Waals surface area contributed by atoms with Gasteiger partial charge in [-0.1, -0.05) is 23.2 Å². The number of hydrogen-bond donors (Lipinski definition) is 1. The van der Waals surface area contributed by atoms with Crippen LogP contribution in [-0.2, 0) is 9.53 Å². The van der Waals surface area contributed by atoms with E-state index in [9.17, 15) is 4.79 Å². The van der Waals surface area contributed by atoms with Crippen molar-refractivity contribution in [2.24, 2.45) is 0 Å². The fourth-order valence-corrected chi connectivity index (χ4v) is 1.97. The van der Waals surface area contributed by atoms with E-state index in [0.717, 1.165) is 0 Å². The first kappa shape index (κ1) is 17.4. The van der Waals surface area contributed by atoms with Crippen molar-refractivity contribution in [1.29, 1.82) is 0 Å². The van der Waals surface area contributed by atoms with Crippen molar-refractivity contribution in [3.8, 4) is 11.5 Å². The SMILES string of the molecule is COC(C(=O)O)c1nnc(-c2cc(Cl)cc(Cl)c2)o1.[H-].[Na+]. The number of halogens is 2. The molecule has 0 aliphatic rings. The quantitative estimate of drug-likeness (QED) is 0.792. The van der Waals surface area contributed by atoms with E-state index in [-0.39, 0.29) is 42.8 Å². The molecular formula is C11H9Cl2N2NaO4. The van der Waals surface area contributed by atoms with Crippen LogP contribution in [0.25, 0.3) is 11.5 Å². The Morgan fingerprint density at radius 3 is 2.45 bits per heavy atom. The molecule has 1 aromatic carbocycles. The van der Waals surface area contributed by atoms with Crippen LogP contribution < -0.4 is 29.6 Å². The van der Waals surface area contributed by atoms with Crippen LogP contribution in [0.4, 0.5) is 0 Å². The van der Waals surface area contributed by atoms with E-state index in [1.807, 2.05) is 0 Å². The molecule has 9 heteroatoms. The Hall–Kier alpha value is -0.630. The molecule has 1 aromatic heterocycles. The molecule has 2 aromatic rings. The van der Waals surface area contributed by atoms with Crippen LogP contribution >= 0.6 is 23.2 Å². The topological polar surface area (TPSA) is 85.5 Å². The van der Waals surface area contributed by atoms with Crippen LogP contribution in [0.2, 0.25) is 10.0 Å². The smallest absolute Gasteiger partial charge is 1.00 e. The second-order valence-electron chi connectivity index (χ2n) is 3.56. The minimum Gasteiger partial charge on any atom is -1.00 e. The molecule has 2 rings (SSSR count). The van der Waals surface area contributed by atoms with E-state index in [2.05, 4.69) is 10.2 Å². The number of nitrogens with zero attached hydrogens (tertiary/aromatic N) is 2. The van der Waals surface area contributed by atoms with Gasteiger partial charge >= 0.3 is 35.5 Å². The molecule has 0 fully saturated rings. The number of ether oxygens (including phenoxy) is 1. The normalized spacial score (nSPS) is 11.8. The predicted octanol–water partition coefficient (Wildman–Crippen LogP) is -0.0680. The molecule has 1 unspecified atom stereocenters. The third-order valence-electron chi connectivity index (χ3n) is 2.23. The van der Waals surface area contributed by atoms with Crippen LogP contribution in [0.3, 0.4) is 0 Å². The third-order valence-corrected chi connectivity index (χ3v) is 2.67. The van der Waals surface area contributed by atoms with Crippen molar-refractivity contribution in [1.82, 2.24) is 10.2 Å². The van der Waals surface area contributed by atoms with Crippen molar-refractivity contribution in [2.45, 2.75) is 6.10 Å². The van der Waals surface area contributed by atoms with Crippen LogP contribution in [0.15, 0.2) is 22.6 Å². The Morgan fingerprint density at radius 1 is 1.35 bits per heavy atom. The molecule has 0 saturated heterocycles. The van der Waals surface area contributed by atoms with Gasteiger partial charge in [-0.3, -0.25) is 0 Å². The van der Waals surface area contributed by atoms with Gasteiger partial charge in [0.05, 0.1) is 0 Å². The minimum absolute atomic E-state index is 0. The zero-order valence-electron chi connectivity index (χ0n) is 11.6. The molecule has 1 N–H and O–H groups in total. The summed E-state index contributed by atoms with van der Waals surface area (Å²) in [6.07, 6.45) is -1.31. The fraction of sp³-hybridized carbons (Fsp3) is 0.182. The summed E-state index contributed by atoms with van der Waals surface area (Å²) in [5.41, 5.74) is 0.497. The van der Waals surface area contributed by atoms with Crippen LogP contribution in [0.1, 0.15) is 13.4 Å². The molecule has 1 atom stereocenters. The van der Waals surface area contributed by atoms with Crippen LogP contribution in [0, 0.1) is 0 Å². The maximum Gasteiger partial charge on any atom is 1.00 e. The Labute approximate surface area is 147 Å². The van der Waals surface area contributed by atoms with Gasteiger partial charge in [-0.25, -0.2) is 4.79 Å². The fourth-order valence-electron chi connectivity index (χ4n) is 1.44. The van der Waals surface area contributed by atoms with Gasteiger partial charge in [0.1, 0.15) is 0 Å². The molecule has 20 heavy (non-hydrogen) atoms. The van der Waals surface area contributed by atoms with Crippen molar-refractivity contribution in [2.75, 3.05) is 7.11 Å². The number of rotatable bonds is 4. The summed E-state index contributed by atoms with van der Waals surface area (Å²) in [5, 5.41) is 17.1. The van der Waals surface area contributed by atoms with E-state index in [0.29, 0.717) is 15.6 Å². The van der Waals surface area contributed by atoms with Gasteiger partial charge in [-0.05, 0) is 18.2 Å². The number of aromatic nitrogens is 2. The molecule has 6 nitrogen and oxygen atoms in total. The van der Waals surface area contributed by atoms with Gasteiger partial charge < -0.3 is 15.7 Å². The average molecular weight is 327 g/mol. The molecule has 0 spiro atoms. The Kier molecular flexibility index (Phi) is 6.44. The molecular weight excluding hydrogens is 318 g/mol. The Morgan fingerprint density at radius 2 is 1.95 bits per heavy atom. The van der Waals surface area contributed by atoms with Gasteiger partial charge in [0, 0.05) is 22.7 Å². The standard InChI is InChI=1S/C11H8Cl2N2O4.Na.H/c1-18-8(11(16)17)10-15-14-9(19-10)5-2-6(12)4-7(13)3-5;;/h2-4,8H,1H3,(H,16,17);;/q;+1;-1. The molecule has 1 heterocycles. The van der Waals surface area contributed by atoms with E-state index >= 15 is 0 Å². The number of carbonyl (C=O) groups is 1. The molecule has 102 valence electrons. The number of benzene rings is 1. The summed E-state index contributed by atoms with van der Waals surface area (Å²) < 4.78 is 10.00. The number of methoxy groups -OCH3 is 1. The number of aliphatic carboxylic acids is 1. The maximum atomic E-state index is 10.9. The Bertz CT molecular complexity index is 606. The van der Waals surface area contributed by atoms with Gasteiger partial charge in [-0.15, -0.1) is 10.2 Å². The van der Waals surface area contributed by atoms with Crippen molar-refractivity contribution >= 4 is 29.2 Å². The van der Waals surface area contributed by atoms with E-state index in [4.69, 9.17) is 37.5 Å². The number of carboxylic acids is 1. The molecule has 0 amide bonds. The van der Waals surface area contributed by atoms with E-state index < -0.39 is 12.1 Å². The summed E-state index contributed by atoms with van der Waals surface area (Å²) in [6, 6.07) is 4.71. The summed E-state index contributed by atoms with van der Waals surface area (Å²) in [7, 11) is 1.24. The molecule has 0 aliphatic carbocycles. The van der Waals surface area contributed by atoms with Gasteiger partial charge in [0.25, 0.3) is 5.89 Å². The Balaban J connectivity index is 0.00000200. The molecule has 0 radical (unpaired) electrons. The van der Waals surface area contributed by atoms with E-state index in [1.165, 1.54) is 7.11 Å². The molecule has 0 aliphatic heterocycles. The zero-order valence-corrected chi connectivity index (χ0v) is 14.1. The van der Waals surface area contributed by atoms with Crippen molar-refractivity contribution < 1.29 is 50.0 Å². The summed E-state index contributed by atoms with van der Waals surface area (Å²) >= 11 is 11.7. The summed E-state index contributed by atoms with van der Waals surface area (Å²) in [5.74, 6) is -1.26. The molecule has 0 saturated carbocycles. The van der Waals surface area contributed by atoms with Crippen LogP contribution in [-0.4, -0.2) is 28.4 Å². The van der Waals surface area contributed by atoms with Gasteiger partial charge in [-0.2, -0.15) is 0 Å². The summed E-state index contributed by atoms with van der Waals surface area (Å²) in [4.78, 5) is 10.9. The first-order chi connectivity index (χ1) is 9.01. The van der Waals surface area contributed by atoms with E-state index in [1.54, 1.807) is 18.2 Å².